The molecule has 2 amide bonds. The van der Waals surface area contributed by atoms with Gasteiger partial charge in [-0.05, 0) is 60.4 Å². The smallest absolute Gasteiger partial charge is 0.260 e. The lowest BCUT2D eigenvalue weighted by Gasteiger charge is -2.32. The lowest BCUT2D eigenvalue weighted by atomic mass is 10.0. The summed E-state index contributed by atoms with van der Waals surface area (Å²) < 4.78 is 5.55. The van der Waals surface area contributed by atoms with Crippen molar-refractivity contribution in [3.05, 3.63) is 89.4 Å². The highest BCUT2D eigenvalue weighted by Gasteiger charge is 2.24. The lowest BCUT2D eigenvalue weighted by Crippen LogP contribution is -2.47. The Hall–Kier alpha value is -3.31. The molecule has 1 aliphatic rings. The van der Waals surface area contributed by atoms with Gasteiger partial charge in [0.25, 0.3) is 11.8 Å². The Labute approximate surface area is 193 Å². The van der Waals surface area contributed by atoms with Crippen molar-refractivity contribution in [3.63, 3.8) is 0 Å². The standard InChI is InChI=1S/C26H25ClN2O3/c27-22-10-12-24(13-11-22)32-18-25(30)29-16-14-23(15-17-29)28-26(31)21-8-6-20(7-9-21)19-4-2-1-3-5-19/h1-13,23H,14-18H2,(H,28,31). The van der Waals surface area contributed by atoms with Gasteiger partial charge in [-0.25, -0.2) is 0 Å². The first-order chi connectivity index (χ1) is 15.6. The van der Waals surface area contributed by atoms with Crippen LogP contribution in [0.5, 0.6) is 5.75 Å². The molecule has 1 heterocycles. The molecule has 1 saturated heterocycles. The highest BCUT2D eigenvalue weighted by Crippen LogP contribution is 2.20. The molecule has 0 bridgehead atoms. The molecule has 6 heteroatoms. The minimum absolute atomic E-state index is 0.00752. The normalized spacial score (nSPS) is 14.1. The average molecular weight is 449 g/mol. The Morgan fingerprint density at radius 2 is 1.50 bits per heavy atom. The zero-order chi connectivity index (χ0) is 22.3. The number of halogens is 1. The Morgan fingerprint density at radius 3 is 2.16 bits per heavy atom. The second-order valence-corrected chi connectivity index (χ2v) is 8.25. The maximum atomic E-state index is 12.6. The topological polar surface area (TPSA) is 58.6 Å². The van der Waals surface area contributed by atoms with Crippen LogP contribution < -0.4 is 10.1 Å². The van der Waals surface area contributed by atoms with Crippen molar-refractivity contribution in [1.29, 1.82) is 0 Å². The molecule has 0 aromatic heterocycles. The zero-order valence-corrected chi connectivity index (χ0v) is 18.4. The molecule has 0 saturated carbocycles. The van der Waals surface area contributed by atoms with Crippen LogP contribution in [0.15, 0.2) is 78.9 Å². The fraction of sp³-hybridized carbons (Fsp3) is 0.231. The number of carbonyl (C=O) groups excluding carboxylic acids is 2. The van der Waals surface area contributed by atoms with E-state index in [9.17, 15) is 9.59 Å². The van der Waals surface area contributed by atoms with E-state index in [0.717, 1.165) is 24.0 Å². The maximum Gasteiger partial charge on any atom is 0.260 e. The molecule has 0 spiro atoms. The van der Waals surface area contributed by atoms with Crippen molar-refractivity contribution in [2.24, 2.45) is 0 Å². The molecule has 3 aromatic rings. The predicted octanol–water partition coefficient (Wildman–Crippen LogP) is 4.81. The highest BCUT2D eigenvalue weighted by molar-refractivity contribution is 6.30. The van der Waals surface area contributed by atoms with Crippen LogP contribution in [0.4, 0.5) is 0 Å². The van der Waals surface area contributed by atoms with E-state index in [2.05, 4.69) is 5.32 Å². The third kappa shape index (κ3) is 5.68. The summed E-state index contributed by atoms with van der Waals surface area (Å²) in [5.74, 6) is 0.477. The summed E-state index contributed by atoms with van der Waals surface area (Å²) in [5.41, 5.74) is 2.84. The van der Waals surface area contributed by atoms with Gasteiger partial charge in [0.15, 0.2) is 6.61 Å². The van der Waals surface area contributed by atoms with Crippen molar-refractivity contribution in [1.82, 2.24) is 10.2 Å². The first kappa shape index (κ1) is 21.9. The summed E-state index contributed by atoms with van der Waals surface area (Å²) in [5, 5.41) is 3.72. The van der Waals surface area contributed by atoms with E-state index in [1.165, 1.54) is 0 Å². The van der Waals surface area contributed by atoms with E-state index >= 15 is 0 Å². The van der Waals surface area contributed by atoms with Gasteiger partial charge in [0.2, 0.25) is 0 Å². The second-order valence-electron chi connectivity index (χ2n) is 7.81. The first-order valence-electron chi connectivity index (χ1n) is 10.7. The van der Waals surface area contributed by atoms with Crippen molar-refractivity contribution in [2.45, 2.75) is 18.9 Å². The Bertz CT molecular complexity index is 1040. The van der Waals surface area contributed by atoms with Gasteiger partial charge in [-0.15, -0.1) is 0 Å². The van der Waals surface area contributed by atoms with Gasteiger partial charge in [0, 0.05) is 29.7 Å². The third-order valence-electron chi connectivity index (χ3n) is 5.61. The van der Waals surface area contributed by atoms with Crippen molar-refractivity contribution in [2.75, 3.05) is 19.7 Å². The fourth-order valence-electron chi connectivity index (χ4n) is 3.75. The van der Waals surface area contributed by atoms with Gasteiger partial charge in [0.1, 0.15) is 5.75 Å². The summed E-state index contributed by atoms with van der Waals surface area (Å²) in [4.78, 5) is 26.8. The SMILES string of the molecule is O=C(NC1CCN(C(=O)COc2ccc(Cl)cc2)CC1)c1ccc(-c2ccccc2)cc1. The summed E-state index contributed by atoms with van der Waals surface area (Å²) in [6, 6.07) is 24.7. The molecule has 0 radical (unpaired) electrons. The molecule has 3 aromatic carbocycles. The Kier molecular flexibility index (Phi) is 7.07. The summed E-state index contributed by atoms with van der Waals surface area (Å²) in [7, 11) is 0. The number of ether oxygens (including phenoxy) is 1. The molecule has 32 heavy (non-hydrogen) atoms. The van der Waals surface area contributed by atoms with Gasteiger partial charge in [-0.1, -0.05) is 54.1 Å². The number of rotatable bonds is 6. The van der Waals surface area contributed by atoms with Crippen molar-refractivity contribution >= 4 is 23.4 Å². The predicted molar refractivity (Wildman–Crippen MR) is 126 cm³/mol. The number of likely N-dealkylation sites (tertiary alicyclic amines) is 1. The Morgan fingerprint density at radius 1 is 0.875 bits per heavy atom. The molecule has 1 N–H and O–H groups in total. The number of hydrogen-bond acceptors (Lipinski definition) is 3. The molecule has 4 rings (SSSR count). The van der Waals surface area contributed by atoms with Crippen molar-refractivity contribution in [3.8, 4) is 16.9 Å². The van der Waals surface area contributed by atoms with Crippen LogP contribution in [-0.2, 0) is 4.79 Å². The molecule has 164 valence electrons. The van der Waals surface area contributed by atoms with Crippen LogP contribution in [0, 0.1) is 0 Å². The molecular weight excluding hydrogens is 424 g/mol. The van der Waals surface area contributed by atoms with E-state index in [-0.39, 0.29) is 24.5 Å². The van der Waals surface area contributed by atoms with Gasteiger partial charge >= 0.3 is 0 Å². The maximum absolute atomic E-state index is 12.6. The number of benzene rings is 3. The lowest BCUT2D eigenvalue weighted by molar-refractivity contribution is -0.134. The van der Waals surface area contributed by atoms with E-state index in [1.807, 2.05) is 54.6 Å². The second kappa shape index (κ2) is 10.3. The molecule has 0 atom stereocenters. The van der Waals surface area contributed by atoms with E-state index in [0.29, 0.717) is 29.4 Å². The third-order valence-corrected chi connectivity index (χ3v) is 5.87. The summed E-state index contributed by atoms with van der Waals surface area (Å²) in [6.45, 7) is 1.19. The number of carbonyl (C=O) groups is 2. The van der Waals surface area contributed by atoms with Crippen LogP contribution in [0.25, 0.3) is 11.1 Å². The van der Waals surface area contributed by atoms with E-state index in [1.54, 1.807) is 29.2 Å². The molecule has 5 nitrogen and oxygen atoms in total. The molecule has 1 fully saturated rings. The van der Waals surface area contributed by atoms with Gasteiger partial charge in [0.05, 0.1) is 0 Å². The number of hydrogen-bond donors (Lipinski definition) is 1. The zero-order valence-electron chi connectivity index (χ0n) is 17.7. The largest absolute Gasteiger partial charge is 0.484 e. The number of nitrogens with zero attached hydrogens (tertiary/aromatic N) is 1. The molecule has 0 unspecified atom stereocenters. The van der Waals surface area contributed by atoms with Crippen LogP contribution in [-0.4, -0.2) is 42.5 Å². The summed E-state index contributed by atoms with van der Waals surface area (Å²) in [6.07, 6.45) is 1.45. The fourth-order valence-corrected chi connectivity index (χ4v) is 3.88. The van der Waals surface area contributed by atoms with Crippen LogP contribution in [0.1, 0.15) is 23.2 Å². The minimum atomic E-state index is -0.0829. The molecule has 1 aliphatic heterocycles. The highest BCUT2D eigenvalue weighted by atomic mass is 35.5. The first-order valence-corrected chi connectivity index (χ1v) is 11.1. The number of nitrogens with one attached hydrogen (secondary N) is 1. The van der Waals surface area contributed by atoms with Crippen LogP contribution in [0.2, 0.25) is 5.02 Å². The van der Waals surface area contributed by atoms with Gasteiger partial charge in [-0.2, -0.15) is 0 Å². The summed E-state index contributed by atoms with van der Waals surface area (Å²) >= 11 is 5.86. The minimum Gasteiger partial charge on any atom is -0.484 e. The average Bonchev–Trinajstić information content (AvgIpc) is 2.84. The molecular formula is C26H25ClN2O3. The van der Waals surface area contributed by atoms with Gasteiger partial charge < -0.3 is 15.0 Å². The quantitative estimate of drug-likeness (QED) is 0.589. The number of piperidine rings is 1. The van der Waals surface area contributed by atoms with Crippen molar-refractivity contribution < 1.29 is 14.3 Å². The Balaban J connectivity index is 1.23. The van der Waals surface area contributed by atoms with E-state index in [4.69, 9.17) is 16.3 Å². The number of amides is 2. The van der Waals surface area contributed by atoms with Gasteiger partial charge in [-0.3, -0.25) is 9.59 Å². The monoisotopic (exact) mass is 448 g/mol. The molecule has 0 aliphatic carbocycles. The van der Waals surface area contributed by atoms with Crippen LogP contribution in [0.3, 0.4) is 0 Å². The van der Waals surface area contributed by atoms with Crippen LogP contribution >= 0.6 is 11.6 Å². The van der Waals surface area contributed by atoms with E-state index < -0.39 is 0 Å².